The van der Waals surface area contributed by atoms with Crippen LogP contribution < -0.4 is 0 Å². The Bertz CT molecular complexity index is 456. The molecule has 0 radical (unpaired) electrons. The van der Waals surface area contributed by atoms with Crippen LogP contribution in [0.1, 0.15) is 56.6 Å². The molecule has 1 aromatic rings. The summed E-state index contributed by atoms with van der Waals surface area (Å²) in [5, 5.41) is 8.70. The van der Waals surface area contributed by atoms with E-state index in [9.17, 15) is 13.2 Å². The van der Waals surface area contributed by atoms with E-state index in [1.54, 1.807) is 0 Å². The van der Waals surface area contributed by atoms with Crippen molar-refractivity contribution in [2.24, 2.45) is 0 Å². The van der Waals surface area contributed by atoms with Gasteiger partial charge in [-0.25, -0.2) is 13.8 Å². The maximum Gasteiger partial charge on any atom is 0.248 e. The Morgan fingerprint density at radius 3 is 2.42 bits per heavy atom. The fourth-order valence-corrected chi connectivity index (χ4v) is 2.16. The molecule has 1 fully saturated rings. The van der Waals surface area contributed by atoms with Crippen LogP contribution in [-0.4, -0.2) is 10.9 Å². The Labute approximate surface area is 111 Å². The third-order valence-corrected chi connectivity index (χ3v) is 3.15. The van der Waals surface area contributed by atoms with E-state index in [1.165, 1.54) is 6.07 Å². The van der Waals surface area contributed by atoms with Gasteiger partial charge in [-0.3, -0.25) is 0 Å². The normalized spacial score (nSPS) is 18.1. The second kappa shape index (κ2) is 6.55. The molecule has 1 heterocycles. The zero-order valence-electron chi connectivity index (χ0n) is 11.1. The maximum atomic E-state index is 13.5. The molecular formula is C14H17F3N2. The number of hydrogen-bond acceptors (Lipinski definition) is 2. The zero-order valence-corrected chi connectivity index (χ0v) is 11.1. The summed E-state index contributed by atoms with van der Waals surface area (Å²) >= 11 is 0. The first-order valence-electron chi connectivity index (χ1n) is 6.45. The average Bonchev–Trinajstić information content (AvgIpc) is 2.42. The Morgan fingerprint density at radius 1 is 1.32 bits per heavy atom. The first-order chi connectivity index (χ1) is 9.02. The molecule has 0 bridgehead atoms. The van der Waals surface area contributed by atoms with Crippen molar-refractivity contribution < 1.29 is 13.2 Å². The molecule has 1 aromatic heterocycles. The van der Waals surface area contributed by atoms with Crippen LogP contribution >= 0.6 is 0 Å². The topological polar surface area (TPSA) is 36.7 Å². The largest absolute Gasteiger partial charge is 0.248 e. The minimum absolute atomic E-state index is 0.228. The minimum Gasteiger partial charge on any atom is -0.227 e. The molecule has 0 amide bonds. The van der Waals surface area contributed by atoms with Crippen molar-refractivity contribution in [3.05, 3.63) is 29.3 Å². The second-order valence-electron chi connectivity index (χ2n) is 4.35. The van der Waals surface area contributed by atoms with Crippen LogP contribution in [0.2, 0.25) is 0 Å². The van der Waals surface area contributed by atoms with Crippen molar-refractivity contribution in [3.8, 4) is 6.07 Å². The third-order valence-electron chi connectivity index (χ3n) is 3.15. The number of pyridine rings is 1. The van der Waals surface area contributed by atoms with Crippen molar-refractivity contribution in [2.75, 3.05) is 0 Å². The first kappa shape index (κ1) is 15.5. The Kier molecular flexibility index (Phi) is 5.34. The van der Waals surface area contributed by atoms with Gasteiger partial charge in [0.25, 0.3) is 0 Å². The fourth-order valence-electron chi connectivity index (χ4n) is 2.16. The third kappa shape index (κ3) is 3.95. The molecule has 0 saturated heterocycles. The highest BCUT2D eigenvalue weighted by molar-refractivity contribution is 5.31. The highest BCUT2D eigenvalue weighted by Crippen LogP contribution is 2.41. The molecule has 0 aromatic carbocycles. The molecule has 1 aliphatic rings. The van der Waals surface area contributed by atoms with E-state index in [-0.39, 0.29) is 37.2 Å². The number of nitrogens with zero attached hydrogens (tertiary/aromatic N) is 2. The lowest BCUT2D eigenvalue weighted by Crippen LogP contribution is -2.24. The van der Waals surface area contributed by atoms with E-state index in [1.807, 2.05) is 19.9 Å². The summed E-state index contributed by atoms with van der Waals surface area (Å²) in [4.78, 5) is 3.48. The molecule has 0 unspecified atom stereocenters. The minimum atomic E-state index is -2.63. The standard InChI is InChI=1S/C12H11F3N2.C2H6/c13-11-10(5-8(6-16)7-17-11)9-1-3-12(14,15)4-2-9;1-2/h5,7,9H,1-4H2;1-2H3. The summed E-state index contributed by atoms with van der Waals surface area (Å²) < 4.78 is 39.4. The molecule has 1 aliphatic carbocycles. The van der Waals surface area contributed by atoms with Crippen molar-refractivity contribution in [3.63, 3.8) is 0 Å². The van der Waals surface area contributed by atoms with Crippen molar-refractivity contribution >= 4 is 0 Å². The van der Waals surface area contributed by atoms with E-state index in [4.69, 9.17) is 5.26 Å². The van der Waals surface area contributed by atoms with Gasteiger partial charge in [0.1, 0.15) is 6.07 Å². The lowest BCUT2D eigenvalue weighted by molar-refractivity contribution is -0.0384. The lowest BCUT2D eigenvalue weighted by Gasteiger charge is -2.28. The van der Waals surface area contributed by atoms with Crippen LogP contribution in [0.15, 0.2) is 12.3 Å². The van der Waals surface area contributed by atoms with E-state index in [0.29, 0.717) is 5.56 Å². The van der Waals surface area contributed by atoms with Crippen molar-refractivity contribution in [1.82, 2.24) is 4.98 Å². The number of aromatic nitrogens is 1. The summed E-state index contributed by atoms with van der Waals surface area (Å²) in [5.41, 5.74) is 0.554. The van der Waals surface area contributed by atoms with Crippen LogP contribution in [-0.2, 0) is 0 Å². The van der Waals surface area contributed by atoms with Crippen molar-refractivity contribution in [1.29, 1.82) is 5.26 Å². The molecule has 0 N–H and O–H groups in total. The zero-order chi connectivity index (χ0) is 14.5. The highest BCUT2D eigenvalue weighted by atomic mass is 19.3. The molecule has 0 aliphatic heterocycles. The van der Waals surface area contributed by atoms with Gasteiger partial charge < -0.3 is 0 Å². The quantitative estimate of drug-likeness (QED) is 0.709. The SMILES string of the molecule is CC.N#Cc1cnc(F)c(C2CCC(F)(F)CC2)c1. The predicted molar refractivity (Wildman–Crippen MR) is 66.4 cm³/mol. The lowest BCUT2D eigenvalue weighted by atomic mass is 9.82. The molecule has 0 atom stereocenters. The van der Waals surface area contributed by atoms with E-state index >= 15 is 0 Å². The molecule has 2 nitrogen and oxygen atoms in total. The molecule has 2 rings (SSSR count). The number of hydrogen-bond donors (Lipinski definition) is 0. The van der Waals surface area contributed by atoms with Crippen LogP contribution in [0.25, 0.3) is 0 Å². The molecule has 104 valence electrons. The number of rotatable bonds is 1. The van der Waals surface area contributed by atoms with Crippen LogP contribution in [0, 0.1) is 17.3 Å². The van der Waals surface area contributed by atoms with Crippen molar-refractivity contribution in [2.45, 2.75) is 51.4 Å². The molecule has 1 saturated carbocycles. The second-order valence-corrected chi connectivity index (χ2v) is 4.35. The van der Waals surface area contributed by atoms with Crippen LogP contribution in [0.5, 0.6) is 0 Å². The van der Waals surface area contributed by atoms with E-state index < -0.39 is 11.9 Å². The smallest absolute Gasteiger partial charge is 0.227 e. The van der Waals surface area contributed by atoms with Gasteiger partial charge in [-0.1, -0.05) is 13.8 Å². The Balaban J connectivity index is 0.000000861. The van der Waals surface area contributed by atoms with Crippen LogP contribution in [0.3, 0.4) is 0 Å². The summed E-state index contributed by atoms with van der Waals surface area (Å²) in [6.45, 7) is 4.00. The van der Waals surface area contributed by atoms with Gasteiger partial charge >= 0.3 is 0 Å². The summed E-state index contributed by atoms with van der Waals surface area (Å²) in [6, 6.07) is 3.29. The van der Waals surface area contributed by atoms with E-state index in [2.05, 4.69) is 4.98 Å². The summed E-state index contributed by atoms with van der Waals surface area (Å²) in [6.07, 6.45) is 1.17. The molecule has 5 heteroatoms. The number of alkyl halides is 2. The maximum absolute atomic E-state index is 13.5. The average molecular weight is 270 g/mol. The van der Waals surface area contributed by atoms with Gasteiger partial charge in [0.15, 0.2) is 0 Å². The van der Waals surface area contributed by atoms with Gasteiger partial charge in [-0.15, -0.1) is 0 Å². The Morgan fingerprint density at radius 2 is 1.89 bits per heavy atom. The molecular weight excluding hydrogens is 253 g/mol. The first-order valence-corrected chi connectivity index (χ1v) is 6.45. The number of nitriles is 1. The summed E-state index contributed by atoms with van der Waals surface area (Å²) in [5.74, 6) is -3.54. The number of halogens is 3. The van der Waals surface area contributed by atoms with Gasteiger partial charge in [-0.05, 0) is 24.8 Å². The van der Waals surface area contributed by atoms with E-state index in [0.717, 1.165) is 6.20 Å². The summed E-state index contributed by atoms with van der Waals surface area (Å²) in [7, 11) is 0. The fraction of sp³-hybridized carbons (Fsp3) is 0.571. The van der Waals surface area contributed by atoms with Crippen LogP contribution in [0.4, 0.5) is 13.2 Å². The van der Waals surface area contributed by atoms with Gasteiger partial charge in [0.05, 0.1) is 5.56 Å². The molecule has 0 spiro atoms. The monoisotopic (exact) mass is 270 g/mol. The van der Waals surface area contributed by atoms with Gasteiger partial charge in [-0.2, -0.15) is 9.65 Å². The van der Waals surface area contributed by atoms with Gasteiger partial charge in [0, 0.05) is 24.6 Å². The van der Waals surface area contributed by atoms with Gasteiger partial charge in [0.2, 0.25) is 11.9 Å². The highest BCUT2D eigenvalue weighted by Gasteiger charge is 2.36. The predicted octanol–water partition coefficient (Wildman–Crippen LogP) is 4.41. The molecule has 19 heavy (non-hydrogen) atoms. The Hall–Kier alpha value is -1.57.